The predicted octanol–water partition coefficient (Wildman–Crippen LogP) is 1.91. The normalized spacial score (nSPS) is 27.8. The molecule has 1 aliphatic carbocycles. The highest BCUT2D eigenvalue weighted by Gasteiger charge is 2.34. The SMILES string of the molecule is OCc1nsc2ccc([C@]3(O)CC[C@@H](O)CC3)cc12. The predicted molar refractivity (Wildman–Crippen MR) is 73.9 cm³/mol. The summed E-state index contributed by atoms with van der Waals surface area (Å²) in [4.78, 5) is 0. The second-order valence-electron chi connectivity index (χ2n) is 5.26. The van der Waals surface area contributed by atoms with Gasteiger partial charge in [0.2, 0.25) is 0 Å². The fraction of sp³-hybridized carbons (Fsp3) is 0.500. The Morgan fingerprint density at radius 3 is 2.74 bits per heavy atom. The number of nitrogens with zero attached hydrogens (tertiary/aromatic N) is 1. The van der Waals surface area contributed by atoms with Gasteiger partial charge in [0.25, 0.3) is 0 Å². The van der Waals surface area contributed by atoms with E-state index in [1.807, 2.05) is 18.2 Å². The third kappa shape index (κ3) is 2.27. The van der Waals surface area contributed by atoms with E-state index < -0.39 is 5.60 Å². The molecule has 1 aliphatic rings. The first-order chi connectivity index (χ1) is 9.12. The van der Waals surface area contributed by atoms with Crippen molar-refractivity contribution in [3.05, 3.63) is 29.5 Å². The zero-order valence-corrected chi connectivity index (χ0v) is 11.4. The Morgan fingerprint density at radius 2 is 2.05 bits per heavy atom. The van der Waals surface area contributed by atoms with Crippen molar-refractivity contribution in [1.82, 2.24) is 4.37 Å². The minimum atomic E-state index is -0.859. The van der Waals surface area contributed by atoms with Crippen molar-refractivity contribution >= 4 is 21.6 Å². The van der Waals surface area contributed by atoms with Gasteiger partial charge in [0.05, 0.1) is 28.7 Å². The van der Waals surface area contributed by atoms with E-state index in [2.05, 4.69) is 4.37 Å². The summed E-state index contributed by atoms with van der Waals surface area (Å²) in [6.45, 7) is -0.0827. The van der Waals surface area contributed by atoms with Crippen molar-refractivity contribution in [1.29, 1.82) is 0 Å². The van der Waals surface area contributed by atoms with Gasteiger partial charge in [0.15, 0.2) is 0 Å². The molecule has 4 nitrogen and oxygen atoms in total. The van der Waals surface area contributed by atoms with Crippen LogP contribution in [0.2, 0.25) is 0 Å². The van der Waals surface area contributed by atoms with Gasteiger partial charge in [-0.1, -0.05) is 6.07 Å². The van der Waals surface area contributed by atoms with Gasteiger partial charge in [0.1, 0.15) is 0 Å². The molecule has 0 aliphatic heterocycles. The lowest BCUT2D eigenvalue weighted by Gasteiger charge is -2.34. The summed E-state index contributed by atoms with van der Waals surface area (Å²) < 4.78 is 5.23. The molecule has 5 heteroatoms. The van der Waals surface area contributed by atoms with E-state index in [0.717, 1.165) is 15.6 Å². The molecule has 0 unspecified atom stereocenters. The Labute approximate surface area is 115 Å². The first-order valence-electron chi connectivity index (χ1n) is 6.52. The van der Waals surface area contributed by atoms with E-state index in [1.54, 1.807) is 0 Å². The van der Waals surface area contributed by atoms with E-state index in [9.17, 15) is 15.3 Å². The quantitative estimate of drug-likeness (QED) is 0.785. The lowest BCUT2D eigenvalue weighted by atomic mass is 9.78. The molecule has 0 amide bonds. The van der Waals surface area contributed by atoms with Crippen LogP contribution in [0.5, 0.6) is 0 Å². The summed E-state index contributed by atoms with van der Waals surface area (Å²) in [6, 6.07) is 5.81. The molecule has 1 aromatic carbocycles. The van der Waals surface area contributed by atoms with Gasteiger partial charge in [-0.15, -0.1) is 0 Å². The number of fused-ring (bicyclic) bond motifs is 1. The van der Waals surface area contributed by atoms with Gasteiger partial charge in [-0.05, 0) is 54.9 Å². The number of aromatic nitrogens is 1. The lowest BCUT2D eigenvalue weighted by molar-refractivity contribution is -0.0360. The fourth-order valence-corrected chi connectivity index (χ4v) is 3.53. The van der Waals surface area contributed by atoms with Crippen LogP contribution in [-0.4, -0.2) is 25.8 Å². The van der Waals surface area contributed by atoms with E-state index in [1.165, 1.54) is 11.5 Å². The number of aliphatic hydroxyl groups is 3. The molecule has 3 rings (SSSR count). The minimum Gasteiger partial charge on any atom is -0.393 e. The lowest BCUT2D eigenvalue weighted by Crippen LogP contribution is -2.33. The van der Waals surface area contributed by atoms with Crippen LogP contribution in [0.1, 0.15) is 36.9 Å². The molecule has 0 bridgehead atoms. The first kappa shape index (κ1) is 13.0. The molecule has 102 valence electrons. The number of hydrogen-bond donors (Lipinski definition) is 3. The highest BCUT2D eigenvalue weighted by molar-refractivity contribution is 7.13. The summed E-state index contributed by atoms with van der Waals surface area (Å²) in [6.07, 6.45) is 2.11. The summed E-state index contributed by atoms with van der Waals surface area (Å²) in [7, 11) is 0. The largest absolute Gasteiger partial charge is 0.393 e. The van der Waals surface area contributed by atoms with Gasteiger partial charge in [-0.3, -0.25) is 0 Å². The maximum absolute atomic E-state index is 10.7. The van der Waals surface area contributed by atoms with Gasteiger partial charge < -0.3 is 15.3 Å². The molecule has 0 saturated heterocycles. The topological polar surface area (TPSA) is 73.6 Å². The molecule has 1 aromatic heterocycles. The molecule has 0 spiro atoms. The van der Waals surface area contributed by atoms with E-state index in [-0.39, 0.29) is 12.7 Å². The third-order valence-corrected chi connectivity index (χ3v) is 4.88. The Balaban J connectivity index is 2.00. The number of benzene rings is 1. The summed E-state index contributed by atoms with van der Waals surface area (Å²) in [5, 5.41) is 30.5. The van der Waals surface area contributed by atoms with Crippen LogP contribution in [-0.2, 0) is 12.2 Å². The van der Waals surface area contributed by atoms with Crippen molar-refractivity contribution in [2.24, 2.45) is 0 Å². The zero-order valence-electron chi connectivity index (χ0n) is 10.5. The van der Waals surface area contributed by atoms with Crippen LogP contribution in [0.4, 0.5) is 0 Å². The van der Waals surface area contributed by atoms with E-state index in [4.69, 9.17) is 0 Å². The molecular weight excluding hydrogens is 262 g/mol. The van der Waals surface area contributed by atoms with Crippen LogP contribution < -0.4 is 0 Å². The van der Waals surface area contributed by atoms with E-state index >= 15 is 0 Å². The average Bonchev–Trinajstić information content (AvgIpc) is 2.84. The van der Waals surface area contributed by atoms with Crippen molar-refractivity contribution < 1.29 is 15.3 Å². The van der Waals surface area contributed by atoms with Crippen LogP contribution in [0, 0.1) is 0 Å². The Morgan fingerprint density at radius 1 is 1.32 bits per heavy atom. The molecule has 19 heavy (non-hydrogen) atoms. The van der Waals surface area contributed by atoms with Crippen LogP contribution in [0.3, 0.4) is 0 Å². The minimum absolute atomic E-state index is 0.0827. The van der Waals surface area contributed by atoms with Gasteiger partial charge in [0, 0.05) is 5.39 Å². The summed E-state index contributed by atoms with van der Waals surface area (Å²) in [5.74, 6) is 0. The number of aliphatic hydroxyl groups excluding tert-OH is 2. The van der Waals surface area contributed by atoms with Crippen LogP contribution in [0.25, 0.3) is 10.1 Å². The highest BCUT2D eigenvalue weighted by atomic mass is 32.1. The molecular formula is C14H17NO3S. The summed E-state index contributed by atoms with van der Waals surface area (Å²) in [5.41, 5.74) is 0.672. The molecule has 2 aromatic rings. The Bertz CT molecular complexity index is 587. The number of hydrogen-bond acceptors (Lipinski definition) is 5. The van der Waals surface area contributed by atoms with Crippen LogP contribution in [0.15, 0.2) is 18.2 Å². The third-order valence-electron chi connectivity index (χ3n) is 4.01. The highest BCUT2D eigenvalue weighted by Crippen LogP contribution is 2.38. The monoisotopic (exact) mass is 279 g/mol. The standard InChI is InChI=1S/C14H17NO3S/c16-8-12-11-7-9(1-2-13(11)19-15-12)14(18)5-3-10(17)4-6-14/h1-2,7,10,16-18H,3-6,8H2/t10-,14+. The van der Waals surface area contributed by atoms with Gasteiger partial charge >= 0.3 is 0 Å². The maximum atomic E-state index is 10.7. The fourth-order valence-electron chi connectivity index (χ4n) is 2.76. The Kier molecular flexibility index (Phi) is 3.30. The van der Waals surface area contributed by atoms with E-state index in [0.29, 0.717) is 31.4 Å². The van der Waals surface area contributed by atoms with Gasteiger partial charge in [-0.2, -0.15) is 4.37 Å². The Hall–Kier alpha value is -1.01. The molecule has 1 saturated carbocycles. The average molecular weight is 279 g/mol. The second kappa shape index (κ2) is 4.83. The number of rotatable bonds is 2. The molecule has 3 N–H and O–H groups in total. The van der Waals surface area contributed by atoms with Gasteiger partial charge in [-0.25, -0.2) is 0 Å². The van der Waals surface area contributed by atoms with Crippen molar-refractivity contribution in [2.75, 3.05) is 0 Å². The van der Waals surface area contributed by atoms with Crippen LogP contribution >= 0.6 is 11.5 Å². The maximum Gasteiger partial charge on any atom is 0.0898 e. The molecule has 0 radical (unpaired) electrons. The first-order valence-corrected chi connectivity index (χ1v) is 7.30. The molecule has 1 fully saturated rings. The molecule has 1 heterocycles. The second-order valence-corrected chi connectivity index (χ2v) is 6.07. The van der Waals surface area contributed by atoms with Crippen molar-refractivity contribution in [3.8, 4) is 0 Å². The smallest absolute Gasteiger partial charge is 0.0898 e. The van der Waals surface area contributed by atoms with Crippen molar-refractivity contribution in [3.63, 3.8) is 0 Å². The summed E-state index contributed by atoms with van der Waals surface area (Å²) >= 11 is 1.36. The van der Waals surface area contributed by atoms with Crippen molar-refractivity contribution in [2.45, 2.75) is 44.0 Å². The molecule has 0 atom stereocenters. The zero-order chi connectivity index (χ0) is 13.5.